The van der Waals surface area contributed by atoms with Gasteiger partial charge in [-0.15, -0.1) is 0 Å². The van der Waals surface area contributed by atoms with Crippen molar-refractivity contribution in [1.82, 2.24) is 9.88 Å². The Morgan fingerprint density at radius 3 is 2.29 bits per heavy atom. The highest BCUT2D eigenvalue weighted by Gasteiger charge is 2.47. The Morgan fingerprint density at radius 2 is 1.75 bits per heavy atom. The number of carbonyl (C=O) groups excluding carboxylic acids is 1. The standard InChI is InChI=1S/C17H20F6N4O/c1-15(2,3)25-4-5-26-12(8-25)14(28)27(9-16(18,19)20)11-6-10(17(21,22)23)7-24-13(11)26/h6-7,12H,4-5,8-9H2,1-3H3/t12-/m0/s1. The van der Waals surface area contributed by atoms with E-state index < -0.39 is 42.1 Å². The van der Waals surface area contributed by atoms with Gasteiger partial charge in [0.2, 0.25) is 0 Å². The normalized spacial score (nSPS) is 21.6. The van der Waals surface area contributed by atoms with E-state index in [-0.39, 0.29) is 24.4 Å². The van der Waals surface area contributed by atoms with Gasteiger partial charge in [-0.2, -0.15) is 26.3 Å². The predicted octanol–water partition coefficient (Wildman–Crippen LogP) is 3.30. The fourth-order valence-electron chi connectivity index (χ4n) is 3.52. The molecule has 0 aromatic carbocycles. The van der Waals surface area contributed by atoms with Crippen LogP contribution in [0.5, 0.6) is 0 Å². The molecule has 0 spiro atoms. The lowest BCUT2D eigenvalue weighted by Crippen LogP contribution is -2.66. The lowest BCUT2D eigenvalue weighted by molar-refractivity contribution is -0.138. The van der Waals surface area contributed by atoms with Crippen molar-refractivity contribution in [3.63, 3.8) is 0 Å². The van der Waals surface area contributed by atoms with Crippen LogP contribution in [0.1, 0.15) is 26.3 Å². The second kappa shape index (κ2) is 6.50. The van der Waals surface area contributed by atoms with Gasteiger partial charge in [-0.25, -0.2) is 4.98 Å². The van der Waals surface area contributed by atoms with Gasteiger partial charge in [0.05, 0.1) is 11.3 Å². The van der Waals surface area contributed by atoms with Gasteiger partial charge in [-0.1, -0.05) is 0 Å². The molecule has 3 heterocycles. The molecule has 1 saturated heterocycles. The molecular weight excluding hydrogens is 390 g/mol. The zero-order valence-electron chi connectivity index (χ0n) is 15.5. The molecule has 3 rings (SSSR count). The van der Waals surface area contributed by atoms with E-state index in [1.165, 1.54) is 4.90 Å². The maximum absolute atomic E-state index is 13.1. The molecule has 0 N–H and O–H groups in total. The molecule has 156 valence electrons. The highest BCUT2D eigenvalue weighted by Crippen LogP contribution is 2.41. The Balaban J connectivity index is 2.07. The summed E-state index contributed by atoms with van der Waals surface area (Å²) in [6.07, 6.45) is -8.95. The zero-order chi connectivity index (χ0) is 21.1. The number of halogens is 6. The number of nitrogens with zero attached hydrogens (tertiary/aromatic N) is 4. The van der Waals surface area contributed by atoms with Crippen molar-refractivity contribution in [2.45, 2.75) is 44.7 Å². The minimum Gasteiger partial charge on any atom is -0.340 e. The van der Waals surface area contributed by atoms with Crippen LogP contribution >= 0.6 is 0 Å². The Hall–Kier alpha value is -2.04. The zero-order valence-corrected chi connectivity index (χ0v) is 15.5. The molecule has 1 aromatic heterocycles. The average molecular weight is 410 g/mol. The number of hydrogen-bond acceptors (Lipinski definition) is 4. The number of alkyl halides is 6. The quantitative estimate of drug-likeness (QED) is 0.667. The first-order valence-corrected chi connectivity index (χ1v) is 8.65. The summed E-state index contributed by atoms with van der Waals surface area (Å²) in [7, 11) is 0. The first-order valence-electron chi connectivity index (χ1n) is 8.65. The van der Waals surface area contributed by atoms with Gasteiger partial charge < -0.3 is 4.90 Å². The molecule has 0 aliphatic carbocycles. The predicted molar refractivity (Wildman–Crippen MR) is 90.1 cm³/mol. The molecule has 0 radical (unpaired) electrons. The largest absolute Gasteiger partial charge is 0.417 e. The fraction of sp³-hybridized carbons (Fsp3) is 0.647. The number of piperazine rings is 1. The van der Waals surface area contributed by atoms with E-state index in [0.29, 0.717) is 23.7 Å². The Labute approximate surface area is 157 Å². The van der Waals surface area contributed by atoms with Crippen LogP contribution in [-0.4, -0.2) is 59.7 Å². The number of rotatable bonds is 1. The summed E-state index contributed by atoms with van der Waals surface area (Å²) in [5, 5.41) is 0. The van der Waals surface area contributed by atoms with Gasteiger partial charge in [0.1, 0.15) is 12.6 Å². The third-order valence-electron chi connectivity index (χ3n) is 4.95. The van der Waals surface area contributed by atoms with Crippen molar-refractivity contribution in [1.29, 1.82) is 0 Å². The number of hydrogen-bond donors (Lipinski definition) is 0. The van der Waals surface area contributed by atoms with Crippen LogP contribution in [0.15, 0.2) is 12.3 Å². The Kier molecular flexibility index (Phi) is 4.80. The molecular formula is C17H20F6N4O. The molecule has 1 atom stereocenters. The summed E-state index contributed by atoms with van der Waals surface area (Å²) < 4.78 is 78.4. The lowest BCUT2D eigenvalue weighted by Gasteiger charge is -2.50. The summed E-state index contributed by atoms with van der Waals surface area (Å²) in [4.78, 5) is 20.5. The minimum absolute atomic E-state index is 0.0320. The molecule has 2 aliphatic heterocycles. The number of carbonyl (C=O) groups is 1. The number of pyridine rings is 1. The molecule has 0 bridgehead atoms. The number of aromatic nitrogens is 1. The highest BCUT2D eigenvalue weighted by molar-refractivity contribution is 6.05. The summed E-state index contributed by atoms with van der Waals surface area (Å²) in [5.74, 6) is -0.907. The van der Waals surface area contributed by atoms with Crippen molar-refractivity contribution in [3.05, 3.63) is 17.8 Å². The van der Waals surface area contributed by atoms with E-state index in [4.69, 9.17) is 0 Å². The highest BCUT2D eigenvalue weighted by atomic mass is 19.4. The summed E-state index contributed by atoms with van der Waals surface area (Å²) in [6, 6.07) is -0.370. The Morgan fingerprint density at radius 1 is 1.11 bits per heavy atom. The molecule has 1 amide bonds. The van der Waals surface area contributed by atoms with Gasteiger partial charge in [0.15, 0.2) is 5.82 Å². The minimum atomic E-state index is -4.78. The van der Waals surface area contributed by atoms with Crippen LogP contribution in [0.3, 0.4) is 0 Å². The van der Waals surface area contributed by atoms with Gasteiger partial charge in [0, 0.05) is 31.4 Å². The Bertz CT molecular complexity index is 770. The van der Waals surface area contributed by atoms with Crippen LogP contribution in [0.25, 0.3) is 0 Å². The second-order valence-corrected chi connectivity index (χ2v) is 7.93. The van der Waals surface area contributed by atoms with Gasteiger partial charge in [-0.05, 0) is 26.8 Å². The van der Waals surface area contributed by atoms with Crippen molar-refractivity contribution < 1.29 is 31.1 Å². The molecule has 1 fully saturated rings. The van der Waals surface area contributed by atoms with E-state index in [1.807, 2.05) is 25.7 Å². The lowest BCUT2D eigenvalue weighted by atomic mass is 9.99. The molecule has 11 heteroatoms. The molecule has 0 saturated carbocycles. The summed E-state index contributed by atoms with van der Waals surface area (Å²) in [6.45, 7) is 5.05. The molecule has 1 aromatic rings. The second-order valence-electron chi connectivity index (χ2n) is 7.93. The summed E-state index contributed by atoms with van der Waals surface area (Å²) in [5.41, 5.74) is -1.97. The topological polar surface area (TPSA) is 39.7 Å². The van der Waals surface area contributed by atoms with E-state index >= 15 is 0 Å². The first-order chi connectivity index (χ1) is 12.7. The van der Waals surface area contributed by atoms with Crippen LogP contribution in [0.4, 0.5) is 37.8 Å². The molecule has 0 unspecified atom stereocenters. The molecule has 2 aliphatic rings. The van der Waals surface area contributed by atoms with Crippen molar-refractivity contribution in [3.8, 4) is 0 Å². The third kappa shape index (κ3) is 3.89. The average Bonchev–Trinajstić information content (AvgIpc) is 2.55. The van der Waals surface area contributed by atoms with Crippen molar-refractivity contribution in [2.75, 3.05) is 36.0 Å². The summed E-state index contributed by atoms with van der Waals surface area (Å²) >= 11 is 0. The van der Waals surface area contributed by atoms with Gasteiger partial charge in [0.25, 0.3) is 5.91 Å². The van der Waals surface area contributed by atoms with Gasteiger partial charge >= 0.3 is 12.4 Å². The fourth-order valence-corrected chi connectivity index (χ4v) is 3.52. The first kappa shape index (κ1) is 20.7. The number of amides is 1. The maximum atomic E-state index is 13.1. The van der Waals surface area contributed by atoms with E-state index in [0.717, 1.165) is 0 Å². The van der Waals surface area contributed by atoms with Crippen LogP contribution in [-0.2, 0) is 11.0 Å². The molecule has 5 nitrogen and oxygen atoms in total. The number of fused-ring (bicyclic) bond motifs is 3. The van der Waals surface area contributed by atoms with Crippen LogP contribution in [0, 0.1) is 0 Å². The third-order valence-corrected chi connectivity index (χ3v) is 4.95. The SMILES string of the molecule is CC(C)(C)N1CCN2c3ncc(C(F)(F)F)cc3N(CC(F)(F)F)C(=O)[C@@H]2C1. The maximum Gasteiger partial charge on any atom is 0.417 e. The van der Waals surface area contributed by atoms with Gasteiger partial charge in [-0.3, -0.25) is 14.6 Å². The van der Waals surface area contributed by atoms with Crippen LogP contribution < -0.4 is 9.80 Å². The smallest absolute Gasteiger partial charge is 0.340 e. The van der Waals surface area contributed by atoms with E-state index in [2.05, 4.69) is 4.98 Å². The number of anilines is 2. The molecule has 28 heavy (non-hydrogen) atoms. The van der Waals surface area contributed by atoms with Crippen molar-refractivity contribution in [2.24, 2.45) is 0 Å². The van der Waals surface area contributed by atoms with Crippen LogP contribution in [0.2, 0.25) is 0 Å². The van der Waals surface area contributed by atoms with Crippen molar-refractivity contribution >= 4 is 17.4 Å². The van der Waals surface area contributed by atoms with E-state index in [9.17, 15) is 31.1 Å². The van der Waals surface area contributed by atoms with E-state index in [1.54, 1.807) is 0 Å². The monoisotopic (exact) mass is 410 g/mol.